The average Bonchev–Trinajstić information content (AvgIpc) is 2.68. The first-order valence-corrected chi connectivity index (χ1v) is 10.3. The summed E-state index contributed by atoms with van der Waals surface area (Å²) in [6.07, 6.45) is 3.80. The van der Waals surface area contributed by atoms with Gasteiger partial charge < -0.3 is 20.4 Å². The molecule has 1 aromatic rings. The lowest BCUT2D eigenvalue weighted by Gasteiger charge is -2.36. The van der Waals surface area contributed by atoms with Crippen molar-refractivity contribution >= 4 is 11.6 Å². The SMILES string of the molecule is CC(NC(=O)CCC1CCNCC1)c1cc(F)ccc1N1CCN(C)CC1. The Morgan fingerprint density at radius 2 is 1.96 bits per heavy atom. The molecule has 1 atom stereocenters. The van der Waals surface area contributed by atoms with Gasteiger partial charge >= 0.3 is 0 Å². The Hall–Kier alpha value is -1.66. The van der Waals surface area contributed by atoms with E-state index in [0.29, 0.717) is 12.3 Å². The molecule has 5 nitrogen and oxygen atoms in total. The van der Waals surface area contributed by atoms with Gasteiger partial charge in [-0.15, -0.1) is 0 Å². The number of halogens is 1. The number of carbonyl (C=O) groups excluding carboxylic acids is 1. The summed E-state index contributed by atoms with van der Waals surface area (Å²) < 4.78 is 13.9. The highest BCUT2D eigenvalue weighted by Crippen LogP contribution is 2.28. The molecule has 2 aliphatic rings. The molecule has 0 bridgehead atoms. The van der Waals surface area contributed by atoms with Crippen LogP contribution in [0.15, 0.2) is 18.2 Å². The van der Waals surface area contributed by atoms with Crippen molar-refractivity contribution in [1.29, 1.82) is 0 Å². The van der Waals surface area contributed by atoms with E-state index in [1.807, 2.05) is 13.0 Å². The minimum Gasteiger partial charge on any atom is -0.369 e. The van der Waals surface area contributed by atoms with Gasteiger partial charge in [0.25, 0.3) is 0 Å². The Morgan fingerprint density at radius 3 is 2.67 bits per heavy atom. The van der Waals surface area contributed by atoms with Gasteiger partial charge in [0.15, 0.2) is 0 Å². The predicted molar refractivity (Wildman–Crippen MR) is 107 cm³/mol. The molecule has 0 aromatic heterocycles. The molecule has 2 fully saturated rings. The number of rotatable bonds is 6. The van der Waals surface area contributed by atoms with Gasteiger partial charge in [-0.3, -0.25) is 4.79 Å². The van der Waals surface area contributed by atoms with E-state index in [2.05, 4.69) is 27.5 Å². The maximum absolute atomic E-state index is 13.9. The van der Waals surface area contributed by atoms with Crippen molar-refractivity contribution in [3.63, 3.8) is 0 Å². The number of piperazine rings is 1. The molecule has 2 heterocycles. The van der Waals surface area contributed by atoms with Gasteiger partial charge in [0.1, 0.15) is 5.82 Å². The number of piperidine rings is 1. The van der Waals surface area contributed by atoms with Crippen LogP contribution in [0.5, 0.6) is 0 Å². The summed E-state index contributed by atoms with van der Waals surface area (Å²) in [5.74, 6) is 0.454. The lowest BCUT2D eigenvalue weighted by Crippen LogP contribution is -2.45. The molecule has 1 unspecified atom stereocenters. The van der Waals surface area contributed by atoms with Crippen LogP contribution in [0, 0.1) is 11.7 Å². The van der Waals surface area contributed by atoms with E-state index in [9.17, 15) is 9.18 Å². The zero-order chi connectivity index (χ0) is 19.2. The van der Waals surface area contributed by atoms with E-state index < -0.39 is 0 Å². The van der Waals surface area contributed by atoms with Crippen LogP contribution in [0.1, 0.15) is 44.2 Å². The molecule has 1 aromatic carbocycles. The number of hydrogen-bond donors (Lipinski definition) is 2. The number of carbonyl (C=O) groups is 1. The monoisotopic (exact) mass is 376 g/mol. The van der Waals surface area contributed by atoms with E-state index in [0.717, 1.165) is 69.8 Å². The summed E-state index contributed by atoms with van der Waals surface area (Å²) in [6, 6.07) is 4.75. The quantitative estimate of drug-likeness (QED) is 0.801. The third-order valence-corrected chi connectivity index (χ3v) is 5.92. The van der Waals surface area contributed by atoms with Crippen LogP contribution in [0.2, 0.25) is 0 Å². The van der Waals surface area contributed by atoms with Crippen LogP contribution >= 0.6 is 0 Å². The normalized spacial score (nSPS) is 20.5. The summed E-state index contributed by atoms with van der Waals surface area (Å²) in [4.78, 5) is 17.0. The number of hydrogen-bond acceptors (Lipinski definition) is 4. The molecule has 0 saturated carbocycles. The minimum absolute atomic E-state index is 0.0645. The van der Waals surface area contributed by atoms with Crippen molar-refractivity contribution in [2.75, 3.05) is 51.2 Å². The highest BCUT2D eigenvalue weighted by molar-refractivity contribution is 5.76. The fourth-order valence-electron chi connectivity index (χ4n) is 4.10. The number of benzene rings is 1. The van der Waals surface area contributed by atoms with Crippen LogP contribution in [0.25, 0.3) is 0 Å². The molecule has 1 amide bonds. The zero-order valence-corrected chi connectivity index (χ0v) is 16.6. The highest BCUT2D eigenvalue weighted by atomic mass is 19.1. The van der Waals surface area contributed by atoms with Crippen LogP contribution in [-0.2, 0) is 4.79 Å². The Balaban J connectivity index is 1.60. The van der Waals surface area contributed by atoms with Gasteiger partial charge in [0.2, 0.25) is 5.91 Å². The largest absolute Gasteiger partial charge is 0.369 e. The molecular formula is C21H33FN4O. The van der Waals surface area contributed by atoms with E-state index in [1.54, 1.807) is 6.07 Å². The van der Waals surface area contributed by atoms with Crippen molar-refractivity contribution < 1.29 is 9.18 Å². The first-order valence-electron chi connectivity index (χ1n) is 10.3. The summed E-state index contributed by atoms with van der Waals surface area (Å²) in [5, 5.41) is 6.45. The lowest BCUT2D eigenvalue weighted by atomic mass is 9.93. The Morgan fingerprint density at radius 1 is 1.26 bits per heavy atom. The van der Waals surface area contributed by atoms with E-state index in [4.69, 9.17) is 0 Å². The Labute approximate surface area is 162 Å². The molecule has 27 heavy (non-hydrogen) atoms. The number of anilines is 1. The number of amides is 1. The van der Waals surface area contributed by atoms with E-state index in [-0.39, 0.29) is 17.8 Å². The summed E-state index contributed by atoms with van der Waals surface area (Å²) in [7, 11) is 2.12. The molecule has 2 aliphatic heterocycles. The summed E-state index contributed by atoms with van der Waals surface area (Å²) in [6.45, 7) is 7.90. The molecular weight excluding hydrogens is 343 g/mol. The van der Waals surface area contributed by atoms with Crippen LogP contribution < -0.4 is 15.5 Å². The standard InChI is InChI=1S/C21H33FN4O/c1-16(24-21(27)6-3-17-7-9-23-10-8-17)19-15-18(22)4-5-20(19)26-13-11-25(2)12-14-26/h4-5,15-17,23H,3,6-14H2,1-2H3,(H,24,27). The number of nitrogens with one attached hydrogen (secondary N) is 2. The molecule has 150 valence electrons. The number of likely N-dealkylation sites (N-methyl/N-ethyl adjacent to an activating group) is 1. The second-order valence-corrected chi connectivity index (χ2v) is 8.01. The van der Waals surface area contributed by atoms with Gasteiger partial charge in [-0.25, -0.2) is 4.39 Å². The van der Waals surface area contributed by atoms with Crippen molar-refractivity contribution in [2.24, 2.45) is 5.92 Å². The smallest absolute Gasteiger partial charge is 0.220 e. The van der Waals surface area contributed by atoms with Gasteiger partial charge in [-0.05, 0) is 70.4 Å². The average molecular weight is 377 g/mol. The van der Waals surface area contributed by atoms with Crippen molar-refractivity contribution in [3.05, 3.63) is 29.6 Å². The maximum atomic E-state index is 13.9. The molecule has 2 N–H and O–H groups in total. The minimum atomic E-state index is -0.251. The fourth-order valence-corrected chi connectivity index (χ4v) is 4.10. The lowest BCUT2D eigenvalue weighted by molar-refractivity contribution is -0.122. The Bertz CT molecular complexity index is 625. The third kappa shape index (κ3) is 5.66. The van der Waals surface area contributed by atoms with Gasteiger partial charge in [-0.2, -0.15) is 0 Å². The molecule has 2 saturated heterocycles. The predicted octanol–water partition coefficient (Wildman–Crippen LogP) is 2.53. The Kier molecular flexibility index (Phi) is 7.07. The summed E-state index contributed by atoms with van der Waals surface area (Å²) >= 11 is 0. The van der Waals surface area contributed by atoms with Gasteiger partial charge in [0, 0.05) is 43.9 Å². The van der Waals surface area contributed by atoms with Crippen LogP contribution in [-0.4, -0.2) is 57.1 Å². The van der Waals surface area contributed by atoms with Crippen molar-refractivity contribution in [2.45, 2.75) is 38.6 Å². The second-order valence-electron chi connectivity index (χ2n) is 8.01. The van der Waals surface area contributed by atoms with E-state index >= 15 is 0 Å². The van der Waals surface area contributed by atoms with Crippen LogP contribution in [0.4, 0.5) is 10.1 Å². The fraction of sp³-hybridized carbons (Fsp3) is 0.667. The molecule has 3 rings (SSSR count). The first kappa shape index (κ1) is 20.1. The maximum Gasteiger partial charge on any atom is 0.220 e. The second kappa shape index (κ2) is 9.51. The molecule has 0 radical (unpaired) electrons. The van der Waals surface area contributed by atoms with Crippen molar-refractivity contribution in [1.82, 2.24) is 15.5 Å². The third-order valence-electron chi connectivity index (χ3n) is 5.92. The molecule has 0 aliphatic carbocycles. The van der Waals surface area contributed by atoms with Gasteiger partial charge in [0.05, 0.1) is 6.04 Å². The van der Waals surface area contributed by atoms with Crippen molar-refractivity contribution in [3.8, 4) is 0 Å². The highest BCUT2D eigenvalue weighted by Gasteiger charge is 2.21. The topological polar surface area (TPSA) is 47.6 Å². The molecule has 0 spiro atoms. The van der Waals surface area contributed by atoms with Gasteiger partial charge in [-0.1, -0.05) is 0 Å². The van der Waals surface area contributed by atoms with E-state index in [1.165, 1.54) is 6.07 Å². The number of nitrogens with zero attached hydrogens (tertiary/aromatic N) is 2. The summed E-state index contributed by atoms with van der Waals surface area (Å²) in [5.41, 5.74) is 1.91. The zero-order valence-electron chi connectivity index (χ0n) is 16.6. The molecule has 6 heteroatoms. The first-order chi connectivity index (χ1) is 13.0. The van der Waals surface area contributed by atoms with Crippen LogP contribution in [0.3, 0.4) is 0 Å².